The highest BCUT2D eigenvalue weighted by Crippen LogP contribution is 2.19. The van der Waals surface area contributed by atoms with Crippen LogP contribution >= 0.6 is 0 Å². The van der Waals surface area contributed by atoms with Gasteiger partial charge in [0.2, 0.25) is 0 Å². The number of nitrogens with two attached hydrogens (primary N) is 1. The molecular formula is C18H23N3O4. The highest BCUT2D eigenvalue weighted by atomic mass is 16.5. The van der Waals surface area contributed by atoms with Gasteiger partial charge in [-0.05, 0) is 30.7 Å². The van der Waals surface area contributed by atoms with E-state index in [1.807, 2.05) is 0 Å². The van der Waals surface area contributed by atoms with E-state index < -0.39 is 18.0 Å². The number of aliphatic hydroxyl groups is 1. The summed E-state index contributed by atoms with van der Waals surface area (Å²) in [5, 5.41) is 22.1. The number of nitrogens with one attached hydrogen (secondary N) is 1. The van der Waals surface area contributed by atoms with Gasteiger partial charge in [0.15, 0.2) is 0 Å². The van der Waals surface area contributed by atoms with E-state index in [1.165, 1.54) is 0 Å². The summed E-state index contributed by atoms with van der Waals surface area (Å²) in [6.07, 6.45) is 0.891. The number of carboxylic acid groups (broad SMARTS) is 1. The van der Waals surface area contributed by atoms with Gasteiger partial charge in [-0.25, -0.2) is 4.98 Å². The van der Waals surface area contributed by atoms with Crippen molar-refractivity contribution < 1.29 is 19.7 Å². The number of nitrogen functional groups attached to an aromatic ring is 1. The van der Waals surface area contributed by atoms with Crippen molar-refractivity contribution in [1.82, 2.24) is 10.3 Å². The summed E-state index contributed by atoms with van der Waals surface area (Å²) in [5.74, 6) is -0.305. The van der Waals surface area contributed by atoms with Crippen LogP contribution in [0.1, 0.15) is 30.1 Å². The molecule has 0 aliphatic carbocycles. The van der Waals surface area contributed by atoms with Gasteiger partial charge in [-0.3, -0.25) is 4.79 Å². The number of rotatable bonds is 9. The molecule has 5 N–H and O–H groups in total. The Hall–Kier alpha value is -2.64. The molecule has 7 nitrogen and oxygen atoms in total. The fourth-order valence-corrected chi connectivity index (χ4v) is 2.21. The molecule has 0 radical (unpaired) electrons. The molecule has 0 fully saturated rings. The largest absolute Gasteiger partial charge is 0.492 e. The van der Waals surface area contributed by atoms with Crippen LogP contribution in [0.25, 0.3) is 0 Å². The number of nitrogens with zero attached hydrogens (tertiary/aromatic N) is 1. The van der Waals surface area contributed by atoms with Crippen LogP contribution < -0.4 is 15.8 Å². The molecule has 0 bridgehead atoms. The third-order valence-corrected chi connectivity index (χ3v) is 3.83. The predicted molar refractivity (Wildman–Crippen MR) is 94.5 cm³/mol. The Labute approximate surface area is 146 Å². The molecule has 1 aromatic heterocycles. The molecular weight excluding hydrogens is 322 g/mol. The molecule has 2 atom stereocenters. The molecule has 1 aromatic carbocycles. The zero-order chi connectivity index (χ0) is 18.2. The van der Waals surface area contributed by atoms with E-state index in [0.717, 1.165) is 5.56 Å². The first-order valence-corrected chi connectivity index (χ1v) is 8.03. The average Bonchev–Trinajstić information content (AvgIpc) is 2.61. The second-order valence-corrected chi connectivity index (χ2v) is 5.71. The molecule has 0 saturated heterocycles. The molecule has 0 amide bonds. The molecule has 0 spiro atoms. The third kappa shape index (κ3) is 5.74. The molecule has 0 aliphatic heterocycles. The van der Waals surface area contributed by atoms with Crippen molar-refractivity contribution in [3.8, 4) is 5.75 Å². The SMILES string of the molecule is CC(C(=O)O)c1ccc(OCCNCC(O)c2ccc(N)nc2)cc1. The molecule has 0 aliphatic rings. The minimum absolute atomic E-state index is 0.379. The first-order chi connectivity index (χ1) is 12.0. The van der Waals surface area contributed by atoms with Crippen LogP contribution in [-0.4, -0.2) is 40.9 Å². The lowest BCUT2D eigenvalue weighted by molar-refractivity contribution is -0.138. The monoisotopic (exact) mass is 345 g/mol. The topological polar surface area (TPSA) is 118 Å². The standard InChI is InChI=1S/C18H23N3O4/c1-12(18(23)24)13-2-5-15(6-3-13)25-9-8-20-11-16(22)14-4-7-17(19)21-10-14/h2-7,10,12,16,20,22H,8-9,11H2,1H3,(H2,19,21)(H,23,24). The van der Waals surface area contributed by atoms with Crippen LogP contribution in [0.15, 0.2) is 42.6 Å². The van der Waals surface area contributed by atoms with Crippen LogP contribution in [0.4, 0.5) is 5.82 Å². The maximum atomic E-state index is 10.9. The number of pyridine rings is 1. The Kier molecular flexibility index (Phi) is 6.73. The highest BCUT2D eigenvalue weighted by molar-refractivity contribution is 5.75. The minimum atomic E-state index is -0.854. The van der Waals surface area contributed by atoms with Crippen LogP contribution in [0.5, 0.6) is 5.75 Å². The Morgan fingerprint density at radius 3 is 2.52 bits per heavy atom. The molecule has 2 rings (SSSR count). The van der Waals surface area contributed by atoms with Gasteiger partial charge in [0, 0.05) is 24.8 Å². The fourth-order valence-electron chi connectivity index (χ4n) is 2.21. The van der Waals surface area contributed by atoms with Crippen LogP contribution in [0.2, 0.25) is 0 Å². The number of hydrogen-bond acceptors (Lipinski definition) is 6. The van der Waals surface area contributed by atoms with E-state index in [-0.39, 0.29) is 0 Å². The summed E-state index contributed by atoms with van der Waals surface area (Å²) in [4.78, 5) is 14.9. The van der Waals surface area contributed by atoms with Crippen molar-refractivity contribution in [1.29, 1.82) is 0 Å². The third-order valence-electron chi connectivity index (χ3n) is 3.83. The molecule has 1 heterocycles. The Morgan fingerprint density at radius 1 is 1.24 bits per heavy atom. The average molecular weight is 345 g/mol. The molecule has 7 heteroatoms. The Morgan fingerprint density at radius 2 is 1.92 bits per heavy atom. The van der Waals surface area contributed by atoms with Crippen molar-refractivity contribution in [3.05, 3.63) is 53.7 Å². The lowest BCUT2D eigenvalue weighted by atomic mass is 10.0. The number of anilines is 1. The number of ether oxygens (including phenoxy) is 1. The zero-order valence-corrected chi connectivity index (χ0v) is 14.1. The lowest BCUT2D eigenvalue weighted by Crippen LogP contribution is -2.26. The number of aliphatic hydroxyl groups excluding tert-OH is 1. The van der Waals surface area contributed by atoms with Crippen molar-refractivity contribution in [2.45, 2.75) is 18.9 Å². The molecule has 2 aromatic rings. The summed E-state index contributed by atoms with van der Waals surface area (Å²) in [6.45, 7) is 3.02. The predicted octanol–water partition coefficient (Wildman–Crippen LogP) is 1.55. The van der Waals surface area contributed by atoms with E-state index in [0.29, 0.717) is 36.8 Å². The first-order valence-electron chi connectivity index (χ1n) is 8.03. The number of benzene rings is 1. The Bertz CT molecular complexity index is 674. The van der Waals surface area contributed by atoms with Crippen LogP contribution in [0.3, 0.4) is 0 Å². The fraction of sp³-hybridized carbons (Fsp3) is 0.333. The van der Waals surface area contributed by atoms with Gasteiger partial charge in [0.25, 0.3) is 0 Å². The summed E-state index contributed by atoms with van der Waals surface area (Å²) < 4.78 is 5.58. The van der Waals surface area contributed by atoms with Gasteiger partial charge < -0.3 is 26.0 Å². The molecule has 134 valence electrons. The van der Waals surface area contributed by atoms with E-state index in [9.17, 15) is 9.90 Å². The van der Waals surface area contributed by atoms with Gasteiger partial charge in [-0.2, -0.15) is 0 Å². The number of aromatic nitrogens is 1. The summed E-state index contributed by atoms with van der Waals surface area (Å²) in [7, 11) is 0. The van der Waals surface area contributed by atoms with Crippen LogP contribution in [0, 0.1) is 0 Å². The Balaban J connectivity index is 1.69. The van der Waals surface area contributed by atoms with E-state index in [2.05, 4.69) is 10.3 Å². The molecule has 0 saturated carbocycles. The summed E-state index contributed by atoms with van der Waals surface area (Å²) >= 11 is 0. The maximum Gasteiger partial charge on any atom is 0.310 e. The maximum absolute atomic E-state index is 10.9. The summed E-state index contributed by atoms with van der Waals surface area (Å²) in [5.41, 5.74) is 6.94. The van der Waals surface area contributed by atoms with E-state index in [1.54, 1.807) is 49.5 Å². The van der Waals surface area contributed by atoms with Gasteiger partial charge in [-0.1, -0.05) is 18.2 Å². The van der Waals surface area contributed by atoms with Gasteiger partial charge in [0.1, 0.15) is 18.2 Å². The number of hydrogen-bond donors (Lipinski definition) is 4. The van der Waals surface area contributed by atoms with Gasteiger partial charge >= 0.3 is 5.97 Å². The zero-order valence-electron chi connectivity index (χ0n) is 14.1. The smallest absolute Gasteiger partial charge is 0.310 e. The van der Waals surface area contributed by atoms with Crippen molar-refractivity contribution in [3.63, 3.8) is 0 Å². The van der Waals surface area contributed by atoms with Gasteiger partial charge in [-0.15, -0.1) is 0 Å². The van der Waals surface area contributed by atoms with Crippen molar-refractivity contribution in [2.75, 3.05) is 25.4 Å². The van der Waals surface area contributed by atoms with E-state index in [4.69, 9.17) is 15.6 Å². The second-order valence-electron chi connectivity index (χ2n) is 5.71. The number of carbonyl (C=O) groups is 1. The molecule has 25 heavy (non-hydrogen) atoms. The van der Waals surface area contributed by atoms with Crippen molar-refractivity contribution in [2.24, 2.45) is 0 Å². The summed E-state index contributed by atoms with van der Waals surface area (Å²) in [6, 6.07) is 10.4. The quantitative estimate of drug-likeness (QED) is 0.509. The lowest BCUT2D eigenvalue weighted by Gasteiger charge is -2.13. The highest BCUT2D eigenvalue weighted by Gasteiger charge is 2.13. The number of carboxylic acids is 1. The molecule has 2 unspecified atom stereocenters. The number of aliphatic carboxylic acids is 1. The first kappa shape index (κ1) is 18.7. The van der Waals surface area contributed by atoms with E-state index >= 15 is 0 Å². The van der Waals surface area contributed by atoms with Crippen molar-refractivity contribution >= 4 is 11.8 Å². The minimum Gasteiger partial charge on any atom is -0.492 e. The normalized spacial score (nSPS) is 13.2. The van der Waals surface area contributed by atoms with Crippen LogP contribution in [-0.2, 0) is 4.79 Å². The van der Waals surface area contributed by atoms with Gasteiger partial charge in [0.05, 0.1) is 12.0 Å². The second kappa shape index (κ2) is 9.00.